The van der Waals surface area contributed by atoms with Crippen molar-refractivity contribution in [1.82, 2.24) is 4.72 Å². The first-order valence-corrected chi connectivity index (χ1v) is 10.4. The van der Waals surface area contributed by atoms with E-state index in [4.69, 9.17) is 17.3 Å². The van der Waals surface area contributed by atoms with Crippen LogP contribution in [-0.2, 0) is 10.0 Å². The largest absolute Gasteiger partial charge is 0.398 e. The maximum atomic E-state index is 12.5. The number of halogens is 2. The van der Waals surface area contributed by atoms with Gasteiger partial charge >= 0.3 is 0 Å². The lowest BCUT2D eigenvalue weighted by atomic mass is 10.0. The van der Waals surface area contributed by atoms with Crippen LogP contribution in [0.5, 0.6) is 0 Å². The SMILES string of the molecule is CCC(CC)(CNS(=O)(=O)c1cc(Cl)cc(N)c1Br)SC. The molecule has 0 atom stereocenters. The van der Waals surface area contributed by atoms with Crippen LogP contribution in [0.2, 0.25) is 5.02 Å². The van der Waals surface area contributed by atoms with Crippen molar-refractivity contribution in [3.8, 4) is 0 Å². The van der Waals surface area contributed by atoms with E-state index in [0.29, 0.717) is 16.7 Å². The minimum absolute atomic E-state index is 0.0645. The molecule has 0 radical (unpaired) electrons. The summed E-state index contributed by atoms with van der Waals surface area (Å²) < 4.78 is 27.9. The number of hydrogen-bond acceptors (Lipinski definition) is 4. The van der Waals surface area contributed by atoms with Crippen LogP contribution in [0.1, 0.15) is 26.7 Å². The Hall–Kier alpha value is 0.0500. The van der Waals surface area contributed by atoms with E-state index < -0.39 is 10.0 Å². The second-order valence-electron chi connectivity index (χ2n) is 4.73. The van der Waals surface area contributed by atoms with Gasteiger partial charge in [-0.2, -0.15) is 11.8 Å². The first-order chi connectivity index (χ1) is 9.71. The average molecular weight is 416 g/mol. The molecule has 0 aliphatic carbocycles. The number of nitrogens with two attached hydrogens (primary N) is 1. The summed E-state index contributed by atoms with van der Waals surface area (Å²) in [6.45, 7) is 4.48. The Balaban J connectivity index is 3.08. The summed E-state index contributed by atoms with van der Waals surface area (Å²) in [6, 6.07) is 2.90. The second-order valence-corrected chi connectivity index (χ2v) is 8.97. The minimum atomic E-state index is -3.67. The van der Waals surface area contributed by atoms with Crippen LogP contribution < -0.4 is 10.5 Å². The van der Waals surface area contributed by atoms with Gasteiger partial charge in [0.25, 0.3) is 0 Å². The van der Waals surface area contributed by atoms with Gasteiger partial charge < -0.3 is 5.73 Å². The van der Waals surface area contributed by atoms with E-state index in [2.05, 4.69) is 34.5 Å². The van der Waals surface area contributed by atoms with Crippen LogP contribution in [0.15, 0.2) is 21.5 Å². The Morgan fingerprint density at radius 1 is 1.38 bits per heavy atom. The Morgan fingerprint density at radius 2 is 1.95 bits per heavy atom. The van der Waals surface area contributed by atoms with E-state index in [9.17, 15) is 8.42 Å². The van der Waals surface area contributed by atoms with Crippen molar-refractivity contribution in [1.29, 1.82) is 0 Å². The highest BCUT2D eigenvalue weighted by atomic mass is 79.9. The number of sulfonamides is 1. The van der Waals surface area contributed by atoms with E-state index in [1.807, 2.05) is 6.26 Å². The molecule has 0 unspecified atom stereocenters. The summed E-state index contributed by atoms with van der Waals surface area (Å²) in [7, 11) is -3.67. The molecule has 0 amide bonds. The number of hydrogen-bond donors (Lipinski definition) is 2. The summed E-state index contributed by atoms with van der Waals surface area (Å²) >= 11 is 10.8. The lowest BCUT2D eigenvalue weighted by Crippen LogP contribution is -2.39. The van der Waals surface area contributed by atoms with Crippen LogP contribution in [0.3, 0.4) is 0 Å². The Morgan fingerprint density at radius 3 is 2.43 bits per heavy atom. The molecule has 0 aromatic heterocycles. The molecule has 0 aliphatic rings. The van der Waals surface area contributed by atoms with Gasteiger partial charge in [0.15, 0.2) is 0 Å². The van der Waals surface area contributed by atoms with Crippen molar-refractivity contribution in [2.24, 2.45) is 0 Å². The van der Waals surface area contributed by atoms with Gasteiger partial charge in [-0.15, -0.1) is 0 Å². The van der Waals surface area contributed by atoms with Crippen LogP contribution in [0, 0.1) is 0 Å². The van der Waals surface area contributed by atoms with Gasteiger partial charge in [-0.05, 0) is 47.2 Å². The smallest absolute Gasteiger partial charge is 0.241 e. The lowest BCUT2D eigenvalue weighted by Gasteiger charge is -2.29. The summed E-state index contributed by atoms with van der Waals surface area (Å²) in [5.74, 6) is 0. The predicted molar refractivity (Wildman–Crippen MR) is 95.6 cm³/mol. The third-order valence-corrected chi connectivity index (χ3v) is 8.01. The average Bonchev–Trinajstić information content (AvgIpc) is 2.45. The molecule has 0 saturated carbocycles. The van der Waals surface area contributed by atoms with Gasteiger partial charge in [0.05, 0.1) is 9.37 Å². The van der Waals surface area contributed by atoms with Crippen molar-refractivity contribution in [2.75, 3.05) is 18.5 Å². The van der Waals surface area contributed by atoms with Crippen molar-refractivity contribution >= 4 is 55.0 Å². The molecule has 0 bridgehead atoms. The topological polar surface area (TPSA) is 72.2 Å². The fourth-order valence-electron chi connectivity index (χ4n) is 1.95. The second kappa shape index (κ2) is 7.55. The van der Waals surface area contributed by atoms with Gasteiger partial charge in [-0.1, -0.05) is 25.4 Å². The quantitative estimate of drug-likeness (QED) is 0.663. The fraction of sp³-hybridized carbons (Fsp3) is 0.538. The molecular formula is C13H20BrClN2O2S2. The third-order valence-electron chi connectivity index (χ3n) is 3.63. The van der Waals surface area contributed by atoms with Crippen LogP contribution in [0.25, 0.3) is 0 Å². The molecule has 0 fully saturated rings. The monoisotopic (exact) mass is 414 g/mol. The highest BCUT2D eigenvalue weighted by Crippen LogP contribution is 2.33. The van der Waals surface area contributed by atoms with Crippen molar-refractivity contribution in [2.45, 2.75) is 36.3 Å². The number of nitrogens with one attached hydrogen (secondary N) is 1. The molecule has 120 valence electrons. The zero-order valence-electron chi connectivity index (χ0n) is 12.2. The number of rotatable bonds is 7. The number of thioether (sulfide) groups is 1. The van der Waals surface area contributed by atoms with Crippen molar-refractivity contribution < 1.29 is 8.42 Å². The van der Waals surface area contributed by atoms with Crippen LogP contribution in [-0.4, -0.2) is 26.0 Å². The van der Waals surface area contributed by atoms with Gasteiger partial charge in [-0.25, -0.2) is 13.1 Å². The maximum absolute atomic E-state index is 12.5. The zero-order chi connectivity index (χ0) is 16.3. The summed E-state index contributed by atoms with van der Waals surface area (Å²) in [6.07, 6.45) is 3.76. The molecule has 0 saturated heterocycles. The molecular weight excluding hydrogens is 396 g/mol. The minimum Gasteiger partial charge on any atom is -0.398 e. The van der Waals surface area contributed by atoms with Gasteiger partial charge in [-0.3, -0.25) is 0 Å². The van der Waals surface area contributed by atoms with E-state index in [1.165, 1.54) is 12.1 Å². The number of nitrogen functional groups attached to an aromatic ring is 1. The first kappa shape index (κ1) is 19.1. The Kier molecular flexibility index (Phi) is 6.86. The van der Waals surface area contributed by atoms with Crippen LogP contribution >= 0.6 is 39.3 Å². The standard InChI is InChI=1S/C13H20BrClN2O2S2/c1-4-13(5-2,20-3)8-17-21(18,19)11-7-9(15)6-10(16)12(11)14/h6-7,17H,4-5,8,16H2,1-3H3. The molecule has 0 spiro atoms. The number of anilines is 1. The fourth-order valence-corrected chi connectivity index (χ4v) is 5.25. The van der Waals surface area contributed by atoms with E-state index in [0.717, 1.165) is 12.8 Å². The zero-order valence-corrected chi connectivity index (χ0v) is 16.2. The number of benzene rings is 1. The molecule has 1 rings (SSSR count). The molecule has 4 nitrogen and oxygen atoms in total. The first-order valence-electron chi connectivity index (χ1n) is 6.50. The summed E-state index contributed by atoms with van der Waals surface area (Å²) in [5, 5.41) is 0.290. The lowest BCUT2D eigenvalue weighted by molar-refractivity contribution is 0.522. The van der Waals surface area contributed by atoms with E-state index >= 15 is 0 Å². The normalized spacial score (nSPS) is 12.6. The van der Waals surface area contributed by atoms with Crippen molar-refractivity contribution in [3.05, 3.63) is 21.6 Å². The van der Waals surface area contributed by atoms with Gasteiger partial charge in [0.1, 0.15) is 0 Å². The summed E-state index contributed by atoms with van der Waals surface area (Å²) in [4.78, 5) is 0.0645. The van der Waals surface area contributed by atoms with Crippen molar-refractivity contribution in [3.63, 3.8) is 0 Å². The molecule has 0 aliphatic heterocycles. The molecule has 1 aromatic carbocycles. The highest BCUT2D eigenvalue weighted by Gasteiger charge is 2.28. The molecule has 0 heterocycles. The molecule has 8 heteroatoms. The predicted octanol–water partition coefficient (Wildman–Crippen LogP) is 3.88. The Labute approximate surface area is 144 Å². The highest BCUT2D eigenvalue weighted by molar-refractivity contribution is 9.10. The maximum Gasteiger partial charge on any atom is 0.241 e. The molecule has 3 N–H and O–H groups in total. The van der Waals surface area contributed by atoms with E-state index in [-0.39, 0.29) is 14.7 Å². The van der Waals surface area contributed by atoms with Crippen LogP contribution in [0.4, 0.5) is 5.69 Å². The summed E-state index contributed by atoms with van der Waals surface area (Å²) in [5.41, 5.74) is 6.05. The van der Waals surface area contributed by atoms with E-state index in [1.54, 1.807) is 11.8 Å². The Bertz CT molecular complexity index is 596. The van der Waals surface area contributed by atoms with Gasteiger partial charge in [0, 0.05) is 22.0 Å². The third kappa shape index (κ3) is 4.51. The molecule has 21 heavy (non-hydrogen) atoms. The molecule has 1 aromatic rings. The van der Waals surface area contributed by atoms with Gasteiger partial charge in [0.2, 0.25) is 10.0 Å².